The fourth-order valence-corrected chi connectivity index (χ4v) is 2.69. The molecular weight excluding hydrogens is 376 g/mol. The van der Waals surface area contributed by atoms with Gasteiger partial charge in [0.2, 0.25) is 0 Å². The summed E-state index contributed by atoms with van der Waals surface area (Å²) in [7, 11) is 1.50. The van der Waals surface area contributed by atoms with Crippen LogP contribution in [0.3, 0.4) is 0 Å². The van der Waals surface area contributed by atoms with E-state index in [-0.39, 0.29) is 5.56 Å². The predicted octanol–water partition coefficient (Wildman–Crippen LogP) is 4.50. The van der Waals surface area contributed by atoms with Gasteiger partial charge in [0.15, 0.2) is 6.10 Å². The first-order valence-electron chi connectivity index (χ1n) is 8.01. The molecule has 0 aliphatic heterocycles. The normalized spacial score (nSPS) is 11.8. The first kappa shape index (κ1) is 20.7. The lowest BCUT2D eigenvalue weighted by atomic mass is 10.1. The third-order valence-electron chi connectivity index (χ3n) is 3.64. The number of nitrogens with one attached hydrogen (secondary N) is 1. The first-order valence-corrected chi connectivity index (χ1v) is 8.89. The van der Waals surface area contributed by atoms with Crippen LogP contribution in [0.2, 0.25) is 0 Å². The van der Waals surface area contributed by atoms with Gasteiger partial charge in [-0.25, -0.2) is 4.79 Å². The van der Waals surface area contributed by atoms with Crippen molar-refractivity contribution in [1.82, 2.24) is 0 Å². The molecule has 27 heavy (non-hydrogen) atoms. The molecule has 0 fully saturated rings. The molecule has 0 spiro atoms. The molecular formula is C19H19F2NO4S. The molecule has 0 aliphatic carbocycles. The number of benzene rings is 2. The third kappa shape index (κ3) is 5.96. The second-order valence-corrected chi connectivity index (χ2v) is 6.69. The van der Waals surface area contributed by atoms with Crippen molar-refractivity contribution in [1.29, 1.82) is 0 Å². The van der Waals surface area contributed by atoms with Crippen LogP contribution in [0.25, 0.3) is 0 Å². The predicted molar refractivity (Wildman–Crippen MR) is 99.5 cm³/mol. The molecule has 0 saturated carbocycles. The molecule has 1 N–H and O–H groups in total. The Labute approximate surface area is 160 Å². The number of methoxy groups -OCH3 is 1. The number of ether oxygens (including phenoxy) is 2. The fraction of sp³-hybridized carbons (Fsp3) is 0.263. The number of thioether (sulfide) groups is 1. The summed E-state index contributed by atoms with van der Waals surface area (Å²) in [6.07, 6.45) is -1.04. The minimum atomic E-state index is -2.51. The van der Waals surface area contributed by atoms with Crippen molar-refractivity contribution in [2.24, 2.45) is 0 Å². The van der Waals surface area contributed by atoms with Crippen molar-refractivity contribution in [3.8, 4) is 5.75 Å². The van der Waals surface area contributed by atoms with Crippen LogP contribution in [0.5, 0.6) is 5.75 Å². The van der Waals surface area contributed by atoms with E-state index in [1.54, 1.807) is 18.2 Å². The van der Waals surface area contributed by atoms with Gasteiger partial charge >= 0.3 is 5.97 Å². The Bertz CT molecular complexity index is 812. The largest absolute Gasteiger partial charge is 0.496 e. The number of carbonyl (C=O) groups excluding carboxylic acids is 2. The first-order chi connectivity index (χ1) is 12.8. The van der Waals surface area contributed by atoms with Crippen LogP contribution in [0.4, 0.5) is 14.5 Å². The summed E-state index contributed by atoms with van der Waals surface area (Å²) >= 11 is 0.417. The summed E-state index contributed by atoms with van der Waals surface area (Å²) in [5.74, 6) is -3.15. The molecule has 144 valence electrons. The van der Waals surface area contributed by atoms with E-state index in [4.69, 9.17) is 9.47 Å². The van der Waals surface area contributed by atoms with Crippen molar-refractivity contribution in [2.45, 2.75) is 30.6 Å². The molecule has 1 atom stereocenters. The molecule has 8 heteroatoms. The summed E-state index contributed by atoms with van der Waals surface area (Å²) in [6, 6.07) is 10.8. The van der Waals surface area contributed by atoms with Crippen LogP contribution in [0.1, 0.15) is 22.8 Å². The van der Waals surface area contributed by atoms with Crippen LogP contribution in [0, 0.1) is 6.92 Å². The van der Waals surface area contributed by atoms with E-state index in [9.17, 15) is 18.4 Å². The molecule has 0 heterocycles. The molecule has 0 saturated heterocycles. The number of amides is 1. The smallest absolute Gasteiger partial charge is 0.339 e. The van der Waals surface area contributed by atoms with Crippen molar-refractivity contribution >= 4 is 29.3 Å². The maximum absolute atomic E-state index is 12.3. The standard InChI is InChI=1S/C19H19F2NO4S/c1-11-4-5-13(10-16(11)25-3)18(24)26-12(2)17(23)22-14-6-8-15(9-7-14)27-19(20)21/h4-10,12,19H,1-3H3,(H,22,23)/t12-/m0/s1. The zero-order valence-electron chi connectivity index (χ0n) is 15.0. The van der Waals surface area contributed by atoms with Crippen molar-refractivity contribution in [3.63, 3.8) is 0 Å². The van der Waals surface area contributed by atoms with E-state index >= 15 is 0 Å². The van der Waals surface area contributed by atoms with E-state index in [0.29, 0.717) is 28.1 Å². The number of carbonyl (C=O) groups is 2. The van der Waals surface area contributed by atoms with Gasteiger partial charge in [0.1, 0.15) is 5.75 Å². The molecule has 2 aromatic carbocycles. The Balaban J connectivity index is 1.95. The van der Waals surface area contributed by atoms with Gasteiger partial charge in [0.05, 0.1) is 12.7 Å². The monoisotopic (exact) mass is 395 g/mol. The Hall–Kier alpha value is -2.61. The van der Waals surface area contributed by atoms with Crippen LogP contribution < -0.4 is 10.1 Å². The molecule has 0 radical (unpaired) electrons. The number of halogens is 2. The van der Waals surface area contributed by atoms with E-state index in [2.05, 4.69) is 5.32 Å². The van der Waals surface area contributed by atoms with Gasteiger partial charge in [0, 0.05) is 10.6 Å². The summed E-state index contributed by atoms with van der Waals surface area (Å²) < 4.78 is 35.0. The number of rotatable bonds is 7. The lowest BCUT2D eigenvalue weighted by molar-refractivity contribution is -0.123. The molecule has 0 bridgehead atoms. The second kappa shape index (κ2) is 9.36. The van der Waals surface area contributed by atoms with Crippen molar-refractivity contribution in [3.05, 3.63) is 53.6 Å². The fourth-order valence-electron chi connectivity index (χ4n) is 2.19. The minimum absolute atomic E-state index is 0.269. The maximum atomic E-state index is 12.3. The highest BCUT2D eigenvalue weighted by Gasteiger charge is 2.20. The van der Waals surface area contributed by atoms with E-state index in [1.165, 1.54) is 38.3 Å². The molecule has 0 unspecified atom stereocenters. The van der Waals surface area contributed by atoms with Gasteiger partial charge in [-0.1, -0.05) is 17.8 Å². The number of hydrogen-bond acceptors (Lipinski definition) is 5. The number of alkyl halides is 2. The molecule has 1 amide bonds. The van der Waals surface area contributed by atoms with Gasteiger partial charge < -0.3 is 14.8 Å². The summed E-state index contributed by atoms with van der Waals surface area (Å²) in [4.78, 5) is 24.8. The Morgan fingerprint density at radius 1 is 1.11 bits per heavy atom. The van der Waals surface area contributed by atoms with E-state index in [1.807, 2.05) is 6.92 Å². The van der Waals surface area contributed by atoms with Gasteiger partial charge in [-0.3, -0.25) is 4.79 Å². The van der Waals surface area contributed by atoms with E-state index < -0.39 is 23.7 Å². The summed E-state index contributed by atoms with van der Waals surface area (Å²) in [5.41, 5.74) is 1.55. The van der Waals surface area contributed by atoms with Crippen molar-refractivity contribution < 1.29 is 27.8 Å². The third-order valence-corrected chi connectivity index (χ3v) is 4.37. The highest BCUT2D eigenvalue weighted by Crippen LogP contribution is 2.26. The average Bonchev–Trinajstić information content (AvgIpc) is 2.63. The topological polar surface area (TPSA) is 64.6 Å². The summed E-state index contributed by atoms with van der Waals surface area (Å²) in [6.45, 7) is 3.29. The highest BCUT2D eigenvalue weighted by molar-refractivity contribution is 7.99. The van der Waals surface area contributed by atoms with Crippen molar-refractivity contribution in [2.75, 3.05) is 12.4 Å². The maximum Gasteiger partial charge on any atom is 0.339 e. The van der Waals surface area contributed by atoms with E-state index in [0.717, 1.165) is 5.56 Å². The van der Waals surface area contributed by atoms with Crippen LogP contribution in [0.15, 0.2) is 47.4 Å². The molecule has 2 rings (SSSR count). The second-order valence-electron chi connectivity index (χ2n) is 5.62. The minimum Gasteiger partial charge on any atom is -0.496 e. The SMILES string of the molecule is COc1cc(C(=O)O[C@@H](C)C(=O)Nc2ccc(SC(F)F)cc2)ccc1C. The zero-order chi connectivity index (χ0) is 20.0. The van der Waals surface area contributed by atoms with Gasteiger partial charge in [-0.05, 0) is 55.8 Å². The number of anilines is 1. The lowest BCUT2D eigenvalue weighted by Crippen LogP contribution is -2.30. The molecule has 5 nitrogen and oxygen atoms in total. The molecule has 2 aromatic rings. The Kier molecular flexibility index (Phi) is 7.18. The van der Waals surface area contributed by atoms with Crippen LogP contribution >= 0.6 is 11.8 Å². The van der Waals surface area contributed by atoms with Gasteiger partial charge in [-0.15, -0.1) is 0 Å². The number of hydrogen-bond donors (Lipinski definition) is 1. The molecule has 0 aliphatic rings. The van der Waals surface area contributed by atoms with Gasteiger partial charge in [-0.2, -0.15) is 8.78 Å². The lowest BCUT2D eigenvalue weighted by Gasteiger charge is -2.14. The number of esters is 1. The highest BCUT2D eigenvalue weighted by atomic mass is 32.2. The number of aryl methyl sites for hydroxylation is 1. The van der Waals surface area contributed by atoms with Crippen LogP contribution in [-0.4, -0.2) is 30.8 Å². The zero-order valence-corrected chi connectivity index (χ0v) is 15.8. The Morgan fingerprint density at radius 3 is 2.37 bits per heavy atom. The summed E-state index contributed by atoms with van der Waals surface area (Å²) in [5, 5.41) is 2.57. The Morgan fingerprint density at radius 2 is 1.78 bits per heavy atom. The van der Waals surface area contributed by atoms with Crippen LogP contribution in [-0.2, 0) is 9.53 Å². The average molecular weight is 395 g/mol. The molecule has 0 aromatic heterocycles. The quantitative estimate of drug-likeness (QED) is 0.552. The van der Waals surface area contributed by atoms with Gasteiger partial charge in [0.25, 0.3) is 11.7 Å².